The fourth-order valence-electron chi connectivity index (χ4n) is 2.29. The van der Waals surface area contributed by atoms with Crippen LogP contribution in [0.3, 0.4) is 0 Å². The average molecular weight is 342 g/mol. The number of hydrogen-bond acceptors (Lipinski definition) is 2. The van der Waals surface area contributed by atoms with Crippen LogP contribution in [0.25, 0.3) is 0 Å². The second-order valence-corrected chi connectivity index (χ2v) is 6.08. The average Bonchev–Trinajstić information content (AvgIpc) is 2.50. The van der Waals surface area contributed by atoms with Crippen LogP contribution in [0.4, 0.5) is 5.69 Å². The lowest BCUT2D eigenvalue weighted by Crippen LogP contribution is -2.18. The molecule has 114 valence electrons. The van der Waals surface area contributed by atoms with E-state index in [-0.39, 0.29) is 0 Å². The third-order valence-corrected chi connectivity index (χ3v) is 4.20. The highest BCUT2D eigenvalue weighted by atomic mass is 79.9. The van der Waals surface area contributed by atoms with Gasteiger partial charge < -0.3 is 9.64 Å². The Morgan fingerprint density at radius 1 is 0.900 bits per heavy atom. The minimum absolute atomic E-state index is 0.922. The van der Waals surface area contributed by atoms with E-state index in [1.807, 2.05) is 12.1 Å². The summed E-state index contributed by atoms with van der Waals surface area (Å²) in [4.78, 5) is 2.32. The van der Waals surface area contributed by atoms with Crippen molar-refractivity contribution in [2.45, 2.75) is 44.9 Å². The molecule has 1 aromatic carbocycles. The first-order valence-electron chi connectivity index (χ1n) is 7.69. The smallest absolute Gasteiger partial charge is 0.119 e. The fraction of sp³-hybridized carbons (Fsp3) is 0.647. The van der Waals surface area contributed by atoms with Crippen LogP contribution in [0.5, 0.6) is 5.75 Å². The van der Waals surface area contributed by atoms with Gasteiger partial charge >= 0.3 is 0 Å². The molecule has 20 heavy (non-hydrogen) atoms. The molecule has 0 N–H and O–H groups in total. The van der Waals surface area contributed by atoms with Gasteiger partial charge in [-0.05, 0) is 37.1 Å². The van der Waals surface area contributed by atoms with E-state index in [9.17, 15) is 0 Å². The van der Waals surface area contributed by atoms with Crippen LogP contribution in [0.1, 0.15) is 44.9 Å². The van der Waals surface area contributed by atoms with Crippen molar-refractivity contribution >= 4 is 21.6 Å². The first-order chi connectivity index (χ1) is 9.77. The van der Waals surface area contributed by atoms with Crippen molar-refractivity contribution in [1.82, 2.24) is 0 Å². The monoisotopic (exact) mass is 341 g/mol. The van der Waals surface area contributed by atoms with Crippen molar-refractivity contribution < 1.29 is 4.74 Å². The third-order valence-electron chi connectivity index (χ3n) is 3.64. The van der Waals surface area contributed by atoms with E-state index in [0.717, 1.165) is 17.6 Å². The number of alkyl halides is 1. The molecule has 0 aliphatic carbocycles. The zero-order chi connectivity index (χ0) is 14.6. The van der Waals surface area contributed by atoms with Gasteiger partial charge in [0.15, 0.2) is 0 Å². The molecule has 0 unspecified atom stereocenters. The Morgan fingerprint density at radius 2 is 1.45 bits per heavy atom. The van der Waals surface area contributed by atoms with Crippen molar-refractivity contribution in [3.63, 3.8) is 0 Å². The van der Waals surface area contributed by atoms with Crippen LogP contribution >= 0.6 is 15.9 Å². The number of halogens is 1. The highest BCUT2D eigenvalue weighted by molar-refractivity contribution is 9.09. The summed E-state index contributed by atoms with van der Waals surface area (Å²) in [6.07, 6.45) is 9.46. The maximum Gasteiger partial charge on any atom is 0.119 e. The SMILES string of the molecule is COc1ccc(N(C)CCCCCCCCCBr)cc1. The van der Waals surface area contributed by atoms with Crippen LogP contribution in [0, 0.1) is 0 Å². The fourth-order valence-corrected chi connectivity index (χ4v) is 2.69. The number of benzene rings is 1. The van der Waals surface area contributed by atoms with Crippen molar-refractivity contribution in [3.05, 3.63) is 24.3 Å². The van der Waals surface area contributed by atoms with Gasteiger partial charge in [-0.3, -0.25) is 0 Å². The predicted molar refractivity (Wildman–Crippen MR) is 92.4 cm³/mol. The van der Waals surface area contributed by atoms with Gasteiger partial charge in [-0.25, -0.2) is 0 Å². The van der Waals surface area contributed by atoms with Crippen molar-refractivity contribution in [2.75, 3.05) is 30.9 Å². The number of hydrogen-bond donors (Lipinski definition) is 0. The molecule has 0 amide bonds. The molecular formula is C17H28BrNO. The lowest BCUT2D eigenvalue weighted by molar-refractivity contribution is 0.415. The van der Waals surface area contributed by atoms with Crippen LogP contribution in [0.2, 0.25) is 0 Å². The molecule has 2 nitrogen and oxygen atoms in total. The molecule has 0 aliphatic rings. The molecule has 0 saturated carbocycles. The molecular weight excluding hydrogens is 314 g/mol. The van der Waals surface area contributed by atoms with E-state index in [4.69, 9.17) is 4.74 Å². The Kier molecular flexibility index (Phi) is 9.56. The maximum absolute atomic E-state index is 5.18. The second-order valence-electron chi connectivity index (χ2n) is 5.28. The Morgan fingerprint density at radius 3 is 2.00 bits per heavy atom. The summed E-state index contributed by atoms with van der Waals surface area (Å²) < 4.78 is 5.18. The van der Waals surface area contributed by atoms with E-state index < -0.39 is 0 Å². The molecule has 0 radical (unpaired) electrons. The van der Waals surface area contributed by atoms with E-state index in [2.05, 4.69) is 40.0 Å². The zero-order valence-corrected chi connectivity index (χ0v) is 14.5. The summed E-state index contributed by atoms with van der Waals surface area (Å²) >= 11 is 3.48. The first-order valence-corrected chi connectivity index (χ1v) is 8.81. The lowest BCUT2D eigenvalue weighted by Gasteiger charge is -2.19. The van der Waals surface area contributed by atoms with Crippen LogP contribution in [0.15, 0.2) is 24.3 Å². The first kappa shape index (κ1) is 17.4. The molecule has 0 spiro atoms. The normalized spacial score (nSPS) is 10.6. The summed E-state index contributed by atoms with van der Waals surface area (Å²) in [6, 6.07) is 8.30. The quantitative estimate of drug-likeness (QED) is 0.402. The topological polar surface area (TPSA) is 12.5 Å². The number of methoxy groups -OCH3 is 1. The van der Waals surface area contributed by atoms with Crippen molar-refractivity contribution in [1.29, 1.82) is 0 Å². The Labute approximate surface area is 132 Å². The summed E-state index contributed by atoms with van der Waals surface area (Å²) in [5.41, 5.74) is 1.27. The Hall–Kier alpha value is -0.700. The maximum atomic E-state index is 5.18. The largest absolute Gasteiger partial charge is 0.497 e. The second kappa shape index (κ2) is 11.0. The summed E-state index contributed by atoms with van der Waals surface area (Å²) in [5, 5.41) is 1.15. The molecule has 1 aromatic rings. The number of unbranched alkanes of at least 4 members (excludes halogenated alkanes) is 6. The number of anilines is 1. The van der Waals surface area contributed by atoms with Gasteiger partial charge in [0, 0.05) is 24.6 Å². The lowest BCUT2D eigenvalue weighted by atomic mass is 10.1. The molecule has 0 saturated heterocycles. The minimum Gasteiger partial charge on any atom is -0.497 e. The number of ether oxygens (including phenoxy) is 1. The molecule has 0 bridgehead atoms. The standard InChI is InChI=1S/C17H28BrNO/c1-19(16-10-12-17(20-2)13-11-16)15-9-7-5-3-4-6-8-14-18/h10-13H,3-9,14-15H2,1-2H3. The highest BCUT2D eigenvalue weighted by Crippen LogP contribution is 2.18. The van der Waals surface area contributed by atoms with Gasteiger partial charge in [0.1, 0.15) is 5.75 Å². The molecule has 1 rings (SSSR count). The van der Waals surface area contributed by atoms with Gasteiger partial charge in [0.25, 0.3) is 0 Å². The van der Waals surface area contributed by atoms with E-state index >= 15 is 0 Å². The van der Waals surface area contributed by atoms with Crippen LogP contribution in [-0.2, 0) is 0 Å². The predicted octanol–water partition coefficient (Wildman–Crippen LogP) is 5.26. The summed E-state index contributed by atoms with van der Waals surface area (Å²) in [6.45, 7) is 1.13. The highest BCUT2D eigenvalue weighted by Gasteiger charge is 2.01. The molecule has 3 heteroatoms. The zero-order valence-electron chi connectivity index (χ0n) is 12.9. The number of rotatable bonds is 11. The van der Waals surface area contributed by atoms with E-state index in [1.165, 1.54) is 50.6 Å². The summed E-state index contributed by atoms with van der Waals surface area (Å²) in [5.74, 6) is 0.922. The van der Waals surface area contributed by atoms with Gasteiger partial charge in [0.05, 0.1) is 7.11 Å². The Bertz CT molecular complexity index is 339. The van der Waals surface area contributed by atoms with Crippen LogP contribution < -0.4 is 9.64 Å². The van der Waals surface area contributed by atoms with Gasteiger partial charge in [-0.1, -0.05) is 48.0 Å². The summed E-state index contributed by atoms with van der Waals surface area (Å²) in [7, 11) is 3.87. The molecule has 0 atom stereocenters. The molecule has 0 fully saturated rings. The number of nitrogens with zero attached hydrogens (tertiary/aromatic N) is 1. The van der Waals surface area contributed by atoms with Gasteiger partial charge in [-0.2, -0.15) is 0 Å². The van der Waals surface area contributed by atoms with Crippen LogP contribution in [-0.4, -0.2) is 26.0 Å². The molecule has 0 aromatic heterocycles. The molecule has 0 aliphatic heterocycles. The van der Waals surface area contributed by atoms with Crippen molar-refractivity contribution in [2.24, 2.45) is 0 Å². The molecule has 0 heterocycles. The van der Waals surface area contributed by atoms with Gasteiger partial charge in [-0.15, -0.1) is 0 Å². The van der Waals surface area contributed by atoms with E-state index in [1.54, 1.807) is 7.11 Å². The van der Waals surface area contributed by atoms with Crippen molar-refractivity contribution in [3.8, 4) is 5.75 Å². The minimum atomic E-state index is 0.922. The Balaban J connectivity index is 2.08. The third kappa shape index (κ3) is 7.18. The van der Waals surface area contributed by atoms with Gasteiger partial charge in [0.2, 0.25) is 0 Å². The van der Waals surface area contributed by atoms with E-state index in [0.29, 0.717) is 0 Å².